The lowest BCUT2D eigenvalue weighted by Gasteiger charge is -2.32. The van der Waals surface area contributed by atoms with Gasteiger partial charge in [0.25, 0.3) is 5.91 Å². The highest BCUT2D eigenvalue weighted by atomic mass is 19.1. The molecule has 9 heteroatoms. The molecule has 0 unspecified atom stereocenters. The van der Waals surface area contributed by atoms with Gasteiger partial charge in [0.05, 0.1) is 11.1 Å². The Morgan fingerprint density at radius 3 is 2.61 bits per heavy atom. The lowest BCUT2D eigenvalue weighted by atomic mass is 10.0. The summed E-state index contributed by atoms with van der Waals surface area (Å²) in [7, 11) is 3.23. The van der Waals surface area contributed by atoms with Crippen molar-refractivity contribution in [1.82, 2.24) is 29.3 Å². The molecule has 1 saturated heterocycles. The summed E-state index contributed by atoms with van der Waals surface area (Å²) in [5.74, 6) is -1.20. The molecule has 186 valence electrons. The van der Waals surface area contributed by atoms with E-state index in [4.69, 9.17) is 0 Å². The Morgan fingerprint density at radius 1 is 1.11 bits per heavy atom. The number of rotatable bonds is 6. The fourth-order valence-electron chi connectivity index (χ4n) is 4.88. The first kappa shape index (κ1) is 24.0. The molecule has 1 aromatic carbocycles. The number of aromatic nitrogens is 4. The van der Waals surface area contributed by atoms with Crippen LogP contribution in [0.1, 0.15) is 46.1 Å². The van der Waals surface area contributed by atoms with Crippen LogP contribution in [0.15, 0.2) is 55.2 Å². The zero-order valence-electron chi connectivity index (χ0n) is 20.4. The third-order valence-corrected chi connectivity index (χ3v) is 6.79. The molecule has 0 atom stereocenters. The van der Waals surface area contributed by atoms with Crippen LogP contribution in [0.25, 0.3) is 11.0 Å². The highest BCUT2D eigenvalue weighted by Crippen LogP contribution is 2.31. The minimum Gasteiger partial charge on any atom is -0.345 e. The van der Waals surface area contributed by atoms with Crippen LogP contribution in [0, 0.1) is 11.6 Å². The van der Waals surface area contributed by atoms with Gasteiger partial charge in [-0.1, -0.05) is 12.1 Å². The first-order chi connectivity index (χ1) is 17.4. The van der Waals surface area contributed by atoms with E-state index in [1.807, 2.05) is 16.8 Å². The monoisotopic (exact) mass is 490 g/mol. The molecular weight excluding hydrogens is 462 g/mol. The summed E-state index contributed by atoms with van der Waals surface area (Å²) in [6, 6.07) is 8.50. The van der Waals surface area contributed by atoms with Gasteiger partial charge in [0.2, 0.25) is 0 Å². The number of likely N-dealkylation sites (tertiary alicyclic amines) is 1. The Morgan fingerprint density at radius 2 is 1.92 bits per heavy atom. The van der Waals surface area contributed by atoms with E-state index in [-0.39, 0.29) is 23.9 Å². The van der Waals surface area contributed by atoms with Crippen molar-refractivity contribution >= 4 is 16.9 Å². The molecule has 1 fully saturated rings. The van der Waals surface area contributed by atoms with Crippen LogP contribution in [-0.2, 0) is 13.0 Å². The van der Waals surface area contributed by atoms with E-state index in [1.165, 1.54) is 29.1 Å². The van der Waals surface area contributed by atoms with E-state index in [0.717, 1.165) is 32.5 Å². The van der Waals surface area contributed by atoms with Crippen molar-refractivity contribution in [3.05, 3.63) is 89.3 Å². The largest absolute Gasteiger partial charge is 0.345 e. The van der Waals surface area contributed by atoms with E-state index in [9.17, 15) is 9.18 Å². The summed E-state index contributed by atoms with van der Waals surface area (Å²) in [4.78, 5) is 28.8. The van der Waals surface area contributed by atoms with Gasteiger partial charge in [-0.05, 0) is 42.2 Å². The molecule has 1 aliphatic heterocycles. The molecule has 0 N–H and O–H groups in total. The van der Waals surface area contributed by atoms with Crippen molar-refractivity contribution in [3.63, 3.8) is 0 Å². The summed E-state index contributed by atoms with van der Waals surface area (Å²) in [6.45, 7) is 2.63. The maximum absolute atomic E-state index is 15.2. The molecule has 4 heterocycles. The number of benzene rings is 1. The topological polar surface area (TPSA) is 67.2 Å². The second kappa shape index (κ2) is 10.1. The van der Waals surface area contributed by atoms with Crippen molar-refractivity contribution in [1.29, 1.82) is 0 Å². The zero-order valence-corrected chi connectivity index (χ0v) is 20.4. The molecule has 5 rings (SSSR count). The van der Waals surface area contributed by atoms with Crippen LogP contribution >= 0.6 is 0 Å². The highest BCUT2D eigenvalue weighted by Gasteiger charge is 2.25. The fraction of sp³-hybridized carbons (Fsp3) is 0.333. The van der Waals surface area contributed by atoms with E-state index in [1.54, 1.807) is 32.4 Å². The number of carbonyl (C=O) groups is 1. The smallest absolute Gasteiger partial charge is 0.253 e. The second-order valence-corrected chi connectivity index (χ2v) is 9.45. The molecule has 0 aliphatic carbocycles. The standard InChI is InChI=1S/C27H28F2N6O/c1-33(2)27(36)20-6-5-19(22(28)12-20)13-24-25-23(29)16-35(26(25)32-17-31-24)21-7-10-34(11-8-21)15-18-4-3-9-30-14-18/h3-6,9,12,14,16-17,21H,7-8,10-11,13,15H2,1-2H3. The van der Waals surface area contributed by atoms with Crippen molar-refractivity contribution in [2.45, 2.75) is 31.8 Å². The number of piperidine rings is 1. The molecule has 7 nitrogen and oxygen atoms in total. The summed E-state index contributed by atoms with van der Waals surface area (Å²) in [5.41, 5.74) is 2.75. The molecule has 1 aliphatic rings. The Balaban J connectivity index is 1.35. The Kier molecular flexibility index (Phi) is 6.73. The van der Waals surface area contributed by atoms with Gasteiger partial charge in [-0.25, -0.2) is 18.7 Å². The lowest BCUT2D eigenvalue weighted by molar-refractivity contribution is 0.0827. The number of fused-ring (bicyclic) bond motifs is 1. The van der Waals surface area contributed by atoms with E-state index in [2.05, 4.69) is 25.9 Å². The van der Waals surface area contributed by atoms with Gasteiger partial charge in [-0.3, -0.25) is 14.7 Å². The average molecular weight is 491 g/mol. The molecule has 4 aromatic rings. The molecule has 0 bridgehead atoms. The summed E-state index contributed by atoms with van der Waals surface area (Å²) in [6.07, 6.45) is 8.42. The number of amides is 1. The first-order valence-electron chi connectivity index (χ1n) is 12.0. The van der Waals surface area contributed by atoms with Gasteiger partial charge in [-0.2, -0.15) is 0 Å². The van der Waals surface area contributed by atoms with Gasteiger partial charge in [-0.15, -0.1) is 0 Å². The van der Waals surface area contributed by atoms with Crippen molar-refractivity contribution < 1.29 is 13.6 Å². The quantitative estimate of drug-likeness (QED) is 0.405. The maximum Gasteiger partial charge on any atom is 0.253 e. The summed E-state index contributed by atoms with van der Waals surface area (Å²) < 4.78 is 31.9. The number of hydrogen-bond acceptors (Lipinski definition) is 5. The summed E-state index contributed by atoms with van der Waals surface area (Å²) >= 11 is 0. The van der Waals surface area contributed by atoms with E-state index >= 15 is 4.39 Å². The van der Waals surface area contributed by atoms with Crippen LogP contribution in [0.3, 0.4) is 0 Å². The van der Waals surface area contributed by atoms with Crippen LogP contribution in [0.2, 0.25) is 0 Å². The normalized spacial score (nSPS) is 14.9. The highest BCUT2D eigenvalue weighted by molar-refractivity contribution is 5.94. The predicted molar refractivity (Wildman–Crippen MR) is 132 cm³/mol. The van der Waals surface area contributed by atoms with E-state index < -0.39 is 11.6 Å². The summed E-state index contributed by atoms with van der Waals surface area (Å²) in [5, 5.41) is 0.322. The Bertz CT molecular complexity index is 1380. The van der Waals surface area contributed by atoms with Gasteiger partial charge < -0.3 is 9.47 Å². The molecule has 36 heavy (non-hydrogen) atoms. The number of halogens is 2. The molecule has 3 aromatic heterocycles. The fourth-order valence-corrected chi connectivity index (χ4v) is 4.88. The van der Waals surface area contributed by atoms with Gasteiger partial charge in [0.1, 0.15) is 17.8 Å². The second-order valence-electron chi connectivity index (χ2n) is 9.45. The number of carbonyl (C=O) groups excluding carboxylic acids is 1. The number of pyridine rings is 1. The lowest BCUT2D eigenvalue weighted by Crippen LogP contribution is -2.34. The Hall–Kier alpha value is -3.72. The third kappa shape index (κ3) is 4.83. The van der Waals surface area contributed by atoms with E-state index in [0.29, 0.717) is 22.3 Å². The van der Waals surface area contributed by atoms with Gasteiger partial charge in [0, 0.05) is 70.3 Å². The molecular formula is C27H28F2N6O. The SMILES string of the molecule is CN(C)C(=O)c1ccc(Cc2ncnc3c2c(F)cn3C2CCN(Cc3cccnc3)CC2)c(F)c1. The predicted octanol–water partition coefficient (Wildman–Crippen LogP) is 4.23. The zero-order chi connectivity index (χ0) is 25.2. The van der Waals surface area contributed by atoms with Gasteiger partial charge >= 0.3 is 0 Å². The molecule has 0 radical (unpaired) electrons. The minimum absolute atomic E-state index is 0.103. The van der Waals surface area contributed by atoms with Crippen LogP contribution in [0.5, 0.6) is 0 Å². The average Bonchev–Trinajstić information content (AvgIpc) is 3.23. The maximum atomic E-state index is 15.2. The van der Waals surface area contributed by atoms with Crippen molar-refractivity contribution in [3.8, 4) is 0 Å². The first-order valence-corrected chi connectivity index (χ1v) is 12.0. The van der Waals surface area contributed by atoms with Crippen LogP contribution < -0.4 is 0 Å². The van der Waals surface area contributed by atoms with Gasteiger partial charge in [0.15, 0.2) is 5.82 Å². The van der Waals surface area contributed by atoms with Crippen molar-refractivity contribution in [2.24, 2.45) is 0 Å². The van der Waals surface area contributed by atoms with Crippen LogP contribution in [0.4, 0.5) is 8.78 Å². The third-order valence-electron chi connectivity index (χ3n) is 6.79. The number of nitrogens with zero attached hydrogens (tertiary/aromatic N) is 6. The number of hydrogen-bond donors (Lipinski definition) is 0. The Labute approximate surface area is 208 Å². The molecule has 0 saturated carbocycles. The molecule has 0 spiro atoms. The van der Waals surface area contributed by atoms with Crippen LogP contribution in [-0.4, -0.2) is 62.4 Å². The molecule has 1 amide bonds. The minimum atomic E-state index is -0.518. The van der Waals surface area contributed by atoms with Crippen molar-refractivity contribution in [2.75, 3.05) is 27.2 Å².